The molecule has 28 heavy (non-hydrogen) atoms. The van der Waals surface area contributed by atoms with Crippen molar-refractivity contribution in [3.05, 3.63) is 50.4 Å². The average molecular weight is 430 g/mol. The Balaban J connectivity index is 1.87. The molecule has 0 fully saturated rings. The number of imidazole rings is 1. The Morgan fingerprint density at radius 1 is 1.21 bits per heavy atom. The van der Waals surface area contributed by atoms with Gasteiger partial charge in [-0.2, -0.15) is 13.8 Å². The van der Waals surface area contributed by atoms with Gasteiger partial charge in [0.1, 0.15) is 6.54 Å². The molecule has 1 amide bonds. The van der Waals surface area contributed by atoms with E-state index >= 15 is 0 Å². The van der Waals surface area contributed by atoms with Gasteiger partial charge in [0.05, 0.1) is 0 Å². The number of hydrogen-bond donors (Lipinski definition) is 1. The molecule has 3 rings (SSSR count). The van der Waals surface area contributed by atoms with Crippen LogP contribution in [0.2, 0.25) is 5.28 Å². The number of carbonyl (C=O) groups excluding carboxylic acids is 1. The smallest absolute Gasteiger partial charge is 0.325 e. The Morgan fingerprint density at radius 3 is 2.46 bits per heavy atom. The largest absolute Gasteiger partial charge is 0.332 e. The van der Waals surface area contributed by atoms with Crippen LogP contribution in [-0.4, -0.2) is 30.3 Å². The zero-order chi connectivity index (χ0) is 20.6. The van der Waals surface area contributed by atoms with E-state index < -0.39 is 22.9 Å². The van der Waals surface area contributed by atoms with Crippen LogP contribution in [0.4, 0.5) is 14.5 Å². The van der Waals surface area contributed by atoms with Gasteiger partial charge >= 0.3 is 5.69 Å². The number of hydrogen-bond acceptors (Lipinski definition) is 5. The van der Waals surface area contributed by atoms with Crippen molar-refractivity contribution in [2.45, 2.75) is 17.2 Å². The first-order chi connectivity index (χ1) is 13.2. The molecular formula is C16H14ClF2N5O3S. The number of aryl methyl sites for hydroxylation is 1. The molecule has 148 valence electrons. The highest BCUT2D eigenvalue weighted by Gasteiger charge is 2.19. The minimum Gasteiger partial charge on any atom is -0.325 e. The lowest BCUT2D eigenvalue weighted by molar-refractivity contribution is -0.116. The molecule has 0 atom stereocenters. The summed E-state index contributed by atoms with van der Waals surface area (Å²) in [5.41, 5.74) is -0.708. The SMILES string of the molecule is Cn1c(=O)c2c(nc(Cl)n2CC(=O)Nc2ccc(SC(F)F)cc2)n(C)c1=O. The summed E-state index contributed by atoms with van der Waals surface area (Å²) in [6, 6.07) is 5.88. The molecule has 1 N–H and O–H groups in total. The minimum atomic E-state index is -2.53. The van der Waals surface area contributed by atoms with Gasteiger partial charge in [0.2, 0.25) is 11.2 Å². The first-order valence-corrected chi connectivity index (χ1v) is 9.11. The molecule has 2 heterocycles. The third-order valence-corrected chi connectivity index (χ3v) is 4.98. The molecule has 0 radical (unpaired) electrons. The molecule has 0 aliphatic rings. The predicted octanol–water partition coefficient (Wildman–Crippen LogP) is 2.04. The molecule has 0 aliphatic heterocycles. The number of amides is 1. The Morgan fingerprint density at radius 2 is 1.86 bits per heavy atom. The summed E-state index contributed by atoms with van der Waals surface area (Å²) in [5, 5.41) is 2.47. The molecule has 3 aromatic rings. The number of alkyl halides is 2. The fraction of sp³-hybridized carbons (Fsp3) is 0.250. The average Bonchev–Trinajstić information content (AvgIpc) is 2.96. The molecular weight excluding hydrogens is 416 g/mol. The number of nitrogens with one attached hydrogen (secondary N) is 1. The molecule has 0 saturated heterocycles. The fourth-order valence-corrected chi connectivity index (χ4v) is 3.35. The summed E-state index contributed by atoms with van der Waals surface area (Å²) in [6.45, 7) is -0.323. The number of anilines is 1. The van der Waals surface area contributed by atoms with Gasteiger partial charge in [-0.3, -0.25) is 23.3 Å². The van der Waals surface area contributed by atoms with E-state index in [1.165, 1.54) is 42.9 Å². The van der Waals surface area contributed by atoms with Crippen LogP contribution < -0.4 is 16.6 Å². The third kappa shape index (κ3) is 3.80. The zero-order valence-electron chi connectivity index (χ0n) is 14.6. The van der Waals surface area contributed by atoms with Crippen LogP contribution in [0.5, 0.6) is 0 Å². The highest BCUT2D eigenvalue weighted by Crippen LogP contribution is 2.26. The maximum atomic E-state index is 12.4. The highest BCUT2D eigenvalue weighted by atomic mass is 35.5. The number of halogens is 3. The van der Waals surface area contributed by atoms with Gasteiger partial charge in [-0.05, 0) is 35.9 Å². The van der Waals surface area contributed by atoms with Crippen molar-refractivity contribution in [2.24, 2.45) is 14.1 Å². The quantitative estimate of drug-likeness (QED) is 0.495. The maximum absolute atomic E-state index is 12.4. The summed E-state index contributed by atoms with van der Waals surface area (Å²) < 4.78 is 28.0. The number of thioether (sulfide) groups is 1. The highest BCUT2D eigenvalue weighted by molar-refractivity contribution is 7.99. The van der Waals surface area contributed by atoms with E-state index in [1.54, 1.807) is 0 Å². The number of benzene rings is 1. The van der Waals surface area contributed by atoms with E-state index in [4.69, 9.17) is 11.6 Å². The Bertz CT molecular complexity index is 1170. The number of fused-ring (bicyclic) bond motifs is 1. The molecule has 1 aromatic carbocycles. The van der Waals surface area contributed by atoms with E-state index in [0.29, 0.717) is 22.3 Å². The van der Waals surface area contributed by atoms with Crippen LogP contribution in [0, 0.1) is 0 Å². The van der Waals surface area contributed by atoms with Crippen LogP contribution in [0.15, 0.2) is 38.8 Å². The number of carbonyl (C=O) groups is 1. The van der Waals surface area contributed by atoms with Crippen molar-refractivity contribution in [1.82, 2.24) is 18.7 Å². The van der Waals surface area contributed by atoms with Gasteiger partial charge in [0, 0.05) is 24.7 Å². The van der Waals surface area contributed by atoms with Gasteiger partial charge in [-0.1, -0.05) is 11.8 Å². The third-order valence-electron chi connectivity index (χ3n) is 3.97. The first-order valence-electron chi connectivity index (χ1n) is 7.85. The van der Waals surface area contributed by atoms with E-state index in [9.17, 15) is 23.2 Å². The second kappa shape index (κ2) is 7.76. The normalized spacial score (nSPS) is 11.4. The topological polar surface area (TPSA) is 90.9 Å². The monoisotopic (exact) mass is 429 g/mol. The molecule has 0 unspecified atom stereocenters. The number of aromatic nitrogens is 4. The molecule has 12 heteroatoms. The summed E-state index contributed by atoms with van der Waals surface area (Å²) in [7, 11) is 2.76. The second-order valence-corrected chi connectivity index (χ2v) is 7.20. The second-order valence-electron chi connectivity index (χ2n) is 5.80. The van der Waals surface area contributed by atoms with Gasteiger partial charge in [-0.25, -0.2) is 4.79 Å². The van der Waals surface area contributed by atoms with Crippen LogP contribution >= 0.6 is 23.4 Å². The molecule has 2 aromatic heterocycles. The number of rotatable bonds is 5. The van der Waals surface area contributed by atoms with Crippen molar-refractivity contribution in [2.75, 3.05) is 5.32 Å². The lowest BCUT2D eigenvalue weighted by atomic mass is 10.3. The Hall–Kier alpha value is -2.66. The van der Waals surface area contributed by atoms with Crippen molar-refractivity contribution >= 4 is 46.1 Å². The van der Waals surface area contributed by atoms with Gasteiger partial charge < -0.3 is 5.32 Å². The lowest BCUT2D eigenvalue weighted by Crippen LogP contribution is -2.37. The van der Waals surface area contributed by atoms with Crippen molar-refractivity contribution in [3.8, 4) is 0 Å². The van der Waals surface area contributed by atoms with Gasteiger partial charge in [0.25, 0.3) is 11.3 Å². The summed E-state index contributed by atoms with van der Waals surface area (Å²) in [4.78, 5) is 41.1. The van der Waals surface area contributed by atoms with E-state index in [0.717, 1.165) is 9.13 Å². The standard InChI is InChI=1S/C16H14ClF2N5O3S/c1-22-12-11(13(26)23(2)16(22)27)24(14(17)21-12)7-10(25)20-8-3-5-9(6-4-8)28-15(18)19/h3-6,15H,7H2,1-2H3,(H,20,25). The molecule has 0 saturated carbocycles. The van der Waals surface area contributed by atoms with Crippen LogP contribution in [0.1, 0.15) is 0 Å². The van der Waals surface area contributed by atoms with E-state index in [1.807, 2.05) is 0 Å². The number of nitrogens with zero attached hydrogens (tertiary/aromatic N) is 4. The summed E-state index contributed by atoms with van der Waals surface area (Å²) in [5.74, 6) is -3.04. The van der Waals surface area contributed by atoms with Crippen LogP contribution in [0.25, 0.3) is 11.2 Å². The Labute approximate surface area is 165 Å². The first kappa shape index (κ1) is 20.1. The van der Waals surface area contributed by atoms with Crippen molar-refractivity contribution in [1.29, 1.82) is 0 Å². The fourth-order valence-electron chi connectivity index (χ4n) is 2.63. The van der Waals surface area contributed by atoms with Crippen LogP contribution in [0.3, 0.4) is 0 Å². The Kier molecular flexibility index (Phi) is 5.57. The summed E-state index contributed by atoms with van der Waals surface area (Å²) in [6.07, 6.45) is 0. The van der Waals surface area contributed by atoms with Crippen molar-refractivity contribution < 1.29 is 13.6 Å². The lowest BCUT2D eigenvalue weighted by Gasteiger charge is -2.09. The summed E-state index contributed by atoms with van der Waals surface area (Å²) >= 11 is 6.46. The minimum absolute atomic E-state index is 0.0217. The van der Waals surface area contributed by atoms with Crippen molar-refractivity contribution in [3.63, 3.8) is 0 Å². The van der Waals surface area contributed by atoms with Gasteiger partial charge in [-0.15, -0.1) is 0 Å². The molecule has 8 nitrogen and oxygen atoms in total. The van der Waals surface area contributed by atoms with Gasteiger partial charge in [0.15, 0.2) is 11.2 Å². The van der Waals surface area contributed by atoms with E-state index in [-0.39, 0.29) is 23.0 Å². The molecule has 0 aliphatic carbocycles. The van der Waals surface area contributed by atoms with Crippen LogP contribution in [-0.2, 0) is 25.4 Å². The maximum Gasteiger partial charge on any atom is 0.332 e. The molecule has 0 spiro atoms. The predicted molar refractivity (Wildman–Crippen MR) is 102 cm³/mol. The molecule has 0 bridgehead atoms. The zero-order valence-corrected chi connectivity index (χ0v) is 16.2. The van der Waals surface area contributed by atoms with E-state index in [2.05, 4.69) is 10.3 Å².